The van der Waals surface area contributed by atoms with E-state index in [1.807, 2.05) is 24.5 Å². The number of sulfonamides is 1. The summed E-state index contributed by atoms with van der Waals surface area (Å²) in [5.74, 6) is -0.281. The zero-order valence-electron chi connectivity index (χ0n) is 15.1. The summed E-state index contributed by atoms with van der Waals surface area (Å²) in [6, 6.07) is 14.7. The van der Waals surface area contributed by atoms with Crippen LogP contribution in [0.2, 0.25) is 0 Å². The number of aromatic amines is 1. The molecule has 3 N–H and O–H groups in total. The Balaban J connectivity index is 1.60. The van der Waals surface area contributed by atoms with E-state index in [1.165, 1.54) is 24.3 Å². The molecule has 0 aliphatic rings. The number of anilines is 1. The highest BCUT2D eigenvalue weighted by molar-refractivity contribution is 7.98. The molecule has 0 atom stereocenters. The van der Waals surface area contributed by atoms with Crippen molar-refractivity contribution < 1.29 is 13.2 Å². The lowest BCUT2D eigenvalue weighted by Gasteiger charge is -2.09. The predicted molar refractivity (Wildman–Crippen MR) is 111 cm³/mol. The van der Waals surface area contributed by atoms with E-state index in [0.717, 1.165) is 4.90 Å². The average Bonchev–Trinajstić information content (AvgIpc) is 2.67. The average molecular weight is 418 g/mol. The Kier molecular flexibility index (Phi) is 6.18. The first-order chi connectivity index (χ1) is 13.4. The van der Waals surface area contributed by atoms with E-state index in [4.69, 9.17) is 0 Å². The van der Waals surface area contributed by atoms with Gasteiger partial charge in [0, 0.05) is 35.1 Å². The molecule has 146 valence electrons. The molecule has 7 nitrogen and oxygen atoms in total. The Morgan fingerprint density at radius 1 is 1.11 bits per heavy atom. The lowest BCUT2D eigenvalue weighted by molar-refractivity contribution is -0.116. The molecule has 3 aromatic rings. The van der Waals surface area contributed by atoms with Crippen molar-refractivity contribution in [3.63, 3.8) is 0 Å². The van der Waals surface area contributed by atoms with Gasteiger partial charge in [-0.2, -0.15) is 0 Å². The van der Waals surface area contributed by atoms with Crippen LogP contribution in [-0.2, 0) is 14.8 Å². The van der Waals surface area contributed by atoms with E-state index in [-0.39, 0.29) is 29.3 Å². The molecule has 0 saturated carbocycles. The monoisotopic (exact) mass is 417 g/mol. The first-order valence-electron chi connectivity index (χ1n) is 8.44. The second-order valence-corrected chi connectivity index (χ2v) is 8.65. The lowest BCUT2D eigenvalue weighted by Crippen LogP contribution is -2.27. The van der Waals surface area contributed by atoms with Crippen molar-refractivity contribution in [2.45, 2.75) is 16.2 Å². The number of rotatable bonds is 7. The molecule has 3 rings (SSSR count). The maximum absolute atomic E-state index is 12.4. The standard InChI is InChI=1S/C19H19N3O4S2/c1-27-15-4-2-3-14(12-15)21-19(24)9-10-20-28(25,26)16-6-7-17-13(11-16)5-8-18(23)22-17/h2-8,11-12,20H,9-10H2,1H3,(H,21,24)(H,22,23). The topological polar surface area (TPSA) is 108 Å². The van der Waals surface area contributed by atoms with Crippen LogP contribution in [0.3, 0.4) is 0 Å². The Labute approximate surface area is 166 Å². The normalized spacial score (nSPS) is 11.5. The first-order valence-corrected chi connectivity index (χ1v) is 11.1. The summed E-state index contributed by atoms with van der Waals surface area (Å²) < 4.78 is 27.3. The molecule has 2 aromatic carbocycles. The Morgan fingerprint density at radius 3 is 2.71 bits per heavy atom. The van der Waals surface area contributed by atoms with Crippen LogP contribution in [0.5, 0.6) is 0 Å². The van der Waals surface area contributed by atoms with Gasteiger partial charge in [0.05, 0.1) is 4.90 Å². The van der Waals surface area contributed by atoms with Crippen molar-refractivity contribution in [1.82, 2.24) is 9.71 Å². The fraction of sp³-hybridized carbons (Fsp3) is 0.158. The molecule has 0 unspecified atom stereocenters. The predicted octanol–water partition coefficient (Wildman–Crippen LogP) is 2.56. The first kappa shape index (κ1) is 20.1. The summed E-state index contributed by atoms with van der Waals surface area (Å²) in [6.45, 7) is -0.0277. The fourth-order valence-electron chi connectivity index (χ4n) is 2.61. The van der Waals surface area contributed by atoms with Crippen molar-refractivity contribution in [1.29, 1.82) is 0 Å². The zero-order chi connectivity index (χ0) is 20.1. The molecule has 0 fully saturated rings. The number of amides is 1. The Hall–Kier alpha value is -2.62. The minimum atomic E-state index is -3.77. The molecule has 0 saturated heterocycles. The molecule has 0 bridgehead atoms. The van der Waals surface area contributed by atoms with Gasteiger partial charge in [0.25, 0.3) is 0 Å². The molecule has 1 amide bonds. The summed E-state index contributed by atoms with van der Waals surface area (Å²) in [6.07, 6.45) is 1.95. The maximum atomic E-state index is 12.4. The van der Waals surface area contributed by atoms with Crippen LogP contribution in [-0.4, -0.2) is 32.1 Å². The number of hydrogen-bond acceptors (Lipinski definition) is 5. The summed E-state index contributed by atoms with van der Waals surface area (Å²) >= 11 is 1.57. The van der Waals surface area contributed by atoms with E-state index in [1.54, 1.807) is 23.9 Å². The van der Waals surface area contributed by atoms with Crippen molar-refractivity contribution in [2.75, 3.05) is 18.1 Å². The molecule has 1 heterocycles. The van der Waals surface area contributed by atoms with Crippen molar-refractivity contribution >= 4 is 44.3 Å². The number of pyridine rings is 1. The number of fused-ring (bicyclic) bond motifs is 1. The lowest BCUT2D eigenvalue weighted by atomic mass is 10.2. The van der Waals surface area contributed by atoms with Gasteiger partial charge in [0.15, 0.2) is 0 Å². The van der Waals surface area contributed by atoms with Gasteiger partial charge < -0.3 is 10.3 Å². The van der Waals surface area contributed by atoms with Gasteiger partial charge in [-0.25, -0.2) is 13.1 Å². The molecule has 0 aliphatic carbocycles. The molecule has 28 heavy (non-hydrogen) atoms. The van der Waals surface area contributed by atoms with Crippen LogP contribution in [0.4, 0.5) is 5.69 Å². The zero-order valence-corrected chi connectivity index (χ0v) is 16.7. The summed E-state index contributed by atoms with van der Waals surface area (Å²) in [5.41, 5.74) is 0.969. The smallest absolute Gasteiger partial charge is 0.248 e. The third kappa shape index (κ3) is 5.00. The van der Waals surface area contributed by atoms with E-state index < -0.39 is 10.0 Å². The van der Waals surface area contributed by atoms with E-state index in [0.29, 0.717) is 16.6 Å². The van der Waals surface area contributed by atoms with Crippen LogP contribution in [0, 0.1) is 0 Å². The number of carbonyl (C=O) groups is 1. The number of hydrogen-bond donors (Lipinski definition) is 3. The van der Waals surface area contributed by atoms with Crippen LogP contribution < -0.4 is 15.6 Å². The highest BCUT2D eigenvalue weighted by atomic mass is 32.2. The van der Waals surface area contributed by atoms with Gasteiger partial charge >= 0.3 is 0 Å². The number of benzene rings is 2. The molecule has 1 aromatic heterocycles. The van der Waals surface area contributed by atoms with Crippen LogP contribution in [0.1, 0.15) is 6.42 Å². The molecule has 0 radical (unpaired) electrons. The van der Waals surface area contributed by atoms with Crippen molar-refractivity contribution in [3.05, 3.63) is 65.0 Å². The number of thioether (sulfide) groups is 1. The van der Waals surface area contributed by atoms with Crippen LogP contribution in [0.25, 0.3) is 10.9 Å². The number of carbonyl (C=O) groups excluding carboxylic acids is 1. The summed E-state index contributed by atoms with van der Waals surface area (Å²) in [4.78, 5) is 27.1. The van der Waals surface area contributed by atoms with Gasteiger partial charge in [-0.05, 0) is 54.1 Å². The number of H-pyrrole nitrogens is 1. The van der Waals surface area contributed by atoms with Gasteiger partial charge in [-0.3, -0.25) is 9.59 Å². The molecule has 0 aliphatic heterocycles. The minimum absolute atomic E-state index is 0.00360. The molecular formula is C19H19N3O4S2. The molecule has 0 spiro atoms. The van der Waals surface area contributed by atoms with Crippen LogP contribution in [0.15, 0.2) is 69.2 Å². The second-order valence-electron chi connectivity index (χ2n) is 6.00. The van der Waals surface area contributed by atoms with Crippen molar-refractivity contribution in [2.24, 2.45) is 0 Å². The highest BCUT2D eigenvalue weighted by Gasteiger charge is 2.15. The summed E-state index contributed by atoms with van der Waals surface area (Å²) in [7, 11) is -3.77. The Bertz CT molecular complexity index is 1170. The maximum Gasteiger partial charge on any atom is 0.248 e. The van der Waals surface area contributed by atoms with Gasteiger partial charge in [-0.1, -0.05) is 6.07 Å². The third-order valence-corrected chi connectivity index (χ3v) is 6.19. The third-order valence-electron chi connectivity index (χ3n) is 4.00. The molecular weight excluding hydrogens is 398 g/mol. The fourth-order valence-corrected chi connectivity index (χ4v) is 4.13. The molecule has 9 heteroatoms. The summed E-state index contributed by atoms with van der Waals surface area (Å²) in [5, 5.41) is 3.36. The van der Waals surface area contributed by atoms with Gasteiger partial charge in [-0.15, -0.1) is 11.8 Å². The van der Waals surface area contributed by atoms with Gasteiger partial charge in [0.2, 0.25) is 21.5 Å². The largest absolute Gasteiger partial charge is 0.326 e. The minimum Gasteiger partial charge on any atom is -0.326 e. The quantitative estimate of drug-likeness (QED) is 0.512. The SMILES string of the molecule is CSc1cccc(NC(=O)CCNS(=O)(=O)c2ccc3[nH]c(=O)ccc3c2)c1. The van der Waals surface area contributed by atoms with E-state index in [9.17, 15) is 18.0 Å². The van der Waals surface area contributed by atoms with Gasteiger partial charge in [0.1, 0.15) is 0 Å². The number of nitrogens with one attached hydrogen (secondary N) is 3. The highest BCUT2D eigenvalue weighted by Crippen LogP contribution is 2.19. The Morgan fingerprint density at radius 2 is 1.93 bits per heavy atom. The van der Waals surface area contributed by atoms with Crippen molar-refractivity contribution in [3.8, 4) is 0 Å². The van der Waals surface area contributed by atoms with Crippen LogP contribution >= 0.6 is 11.8 Å². The second kappa shape index (κ2) is 8.59. The number of aromatic nitrogens is 1. The van der Waals surface area contributed by atoms with E-state index in [2.05, 4.69) is 15.0 Å². The van der Waals surface area contributed by atoms with E-state index >= 15 is 0 Å².